The monoisotopic (exact) mass is 572 g/mol. The van der Waals surface area contributed by atoms with Crippen molar-refractivity contribution < 1.29 is 32.0 Å². The van der Waals surface area contributed by atoms with Gasteiger partial charge in [-0.15, -0.1) is 0 Å². The van der Waals surface area contributed by atoms with Crippen molar-refractivity contribution in [1.82, 2.24) is 15.1 Å². The number of hydrogen-bond acceptors (Lipinski definition) is 6. The number of urea groups is 1. The minimum absolute atomic E-state index is 0.0874. The van der Waals surface area contributed by atoms with Crippen LogP contribution in [0.4, 0.5) is 14.9 Å². The Labute approximate surface area is 233 Å². The van der Waals surface area contributed by atoms with Crippen LogP contribution in [-0.2, 0) is 19.4 Å². The van der Waals surface area contributed by atoms with Gasteiger partial charge in [0.1, 0.15) is 17.4 Å². The van der Waals surface area contributed by atoms with Gasteiger partial charge < -0.3 is 10.2 Å². The number of imide groups is 1. The molecule has 2 aromatic rings. The molecule has 1 N–H and O–H groups in total. The normalized spacial score (nSPS) is 18.0. The van der Waals surface area contributed by atoms with Crippen LogP contribution in [0.15, 0.2) is 47.4 Å². The Morgan fingerprint density at radius 1 is 1.02 bits per heavy atom. The van der Waals surface area contributed by atoms with Crippen LogP contribution in [0, 0.1) is 18.7 Å². The lowest BCUT2D eigenvalue weighted by Gasteiger charge is -2.43. The standard InChI is InChI=1S/C28H33FN4O6S/c1-17(2)23(30-24(34)21-16-18(3)6-11-22(21)29)25(35)32-14-12-28(13-15-32)26(36)31(4)27(37)33(28)19-7-9-20(10-8-19)40(5,38)39/h6-11,16-17,23H,12-15H2,1-5H3,(H,30,34)/t23-/m1/s1. The second-order valence-corrected chi connectivity index (χ2v) is 12.8. The van der Waals surface area contributed by atoms with Crippen LogP contribution >= 0.6 is 0 Å². The largest absolute Gasteiger partial charge is 0.341 e. The fourth-order valence-electron chi connectivity index (χ4n) is 5.30. The maximum Gasteiger partial charge on any atom is 0.331 e. The van der Waals surface area contributed by atoms with Crippen molar-refractivity contribution in [1.29, 1.82) is 0 Å². The lowest BCUT2D eigenvalue weighted by atomic mass is 9.85. The van der Waals surface area contributed by atoms with Crippen molar-refractivity contribution in [3.05, 3.63) is 59.4 Å². The maximum atomic E-state index is 14.3. The molecular weight excluding hydrogens is 539 g/mol. The molecule has 2 saturated heterocycles. The summed E-state index contributed by atoms with van der Waals surface area (Å²) >= 11 is 0. The number of aryl methyl sites for hydroxylation is 1. The molecule has 2 aromatic carbocycles. The second kappa shape index (κ2) is 10.6. The number of benzene rings is 2. The molecule has 214 valence electrons. The molecule has 0 bridgehead atoms. The Morgan fingerprint density at radius 2 is 1.62 bits per heavy atom. The highest BCUT2D eigenvalue weighted by Gasteiger charge is 2.58. The van der Waals surface area contributed by atoms with E-state index in [-0.39, 0.29) is 48.2 Å². The van der Waals surface area contributed by atoms with Crippen LogP contribution < -0.4 is 10.2 Å². The van der Waals surface area contributed by atoms with Gasteiger partial charge >= 0.3 is 6.03 Å². The Balaban J connectivity index is 1.54. The van der Waals surface area contributed by atoms with Crippen molar-refractivity contribution in [2.24, 2.45) is 5.92 Å². The van der Waals surface area contributed by atoms with E-state index in [0.717, 1.165) is 11.2 Å². The lowest BCUT2D eigenvalue weighted by Crippen LogP contribution is -2.60. The number of anilines is 1. The van der Waals surface area contributed by atoms with Crippen LogP contribution in [0.2, 0.25) is 0 Å². The average Bonchev–Trinajstić information content (AvgIpc) is 3.08. The Bertz CT molecular complexity index is 1470. The van der Waals surface area contributed by atoms with Gasteiger partial charge in [0.05, 0.1) is 10.5 Å². The first-order valence-electron chi connectivity index (χ1n) is 13.0. The molecule has 2 heterocycles. The van der Waals surface area contributed by atoms with E-state index in [1.54, 1.807) is 31.7 Å². The SMILES string of the molecule is Cc1ccc(F)c(C(=O)N[C@@H](C(=O)N2CCC3(CC2)C(=O)N(C)C(=O)N3c2ccc(S(C)(=O)=O)cc2)C(C)C)c1. The first-order valence-corrected chi connectivity index (χ1v) is 14.8. The molecule has 10 nitrogen and oxygen atoms in total. The van der Waals surface area contributed by atoms with Crippen LogP contribution in [0.25, 0.3) is 0 Å². The molecule has 40 heavy (non-hydrogen) atoms. The predicted octanol–water partition coefficient (Wildman–Crippen LogP) is 2.75. The summed E-state index contributed by atoms with van der Waals surface area (Å²) in [5.74, 6) is -2.44. The predicted molar refractivity (Wildman–Crippen MR) is 146 cm³/mol. The van der Waals surface area contributed by atoms with Gasteiger partial charge in [-0.25, -0.2) is 17.6 Å². The Morgan fingerprint density at radius 3 is 2.17 bits per heavy atom. The summed E-state index contributed by atoms with van der Waals surface area (Å²) in [7, 11) is -2.06. The number of piperidine rings is 1. The molecule has 5 amide bonds. The molecule has 0 saturated carbocycles. The van der Waals surface area contributed by atoms with Crippen LogP contribution in [-0.4, -0.2) is 79.9 Å². The number of carbonyl (C=O) groups is 4. The van der Waals surface area contributed by atoms with Gasteiger partial charge in [-0.3, -0.25) is 24.2 Å². The van der Waals surface area contributed by atoms with E-state index in [1.165, 1.54) is 48.3 Å². The maximum absolute atomic E-state index is 14.3. The van der Waals surface area contributed by atoms with Gasteiger partial charge in [-0.05, 0) is 62.1 Å². The van der Waals surface area contributed by atoms with E-state index >= 15 is 0 Å². The van der Waals surface area contributed by atoms with Gasteiger partial charge in [-0.2, -0.15) is 0 Å². The fraction of sp³-hybridized carbons (Fsp3) is 0.429. The van der Waals surface area contributed by atoms with E-state index in [9.17, 15) is 32.0 Å². The number of amides is 5. The van der Waals surface area contributed by atoms with Crippen molar-refractivity contribution in [3.63, 3.8) is 0 Å². The zero-order valence-corrected chi connectivity index (χ0v) is 23.9. The number of nitrogens with zero attached hydrogens (tertiary/aromatic N) is 3. The van der Waals surface area contributed by atoms with E-state index in [1.807, 2.05) is 0 Å². The summed E-state index contributed by atoms with van der Waals surface area (Å²) in [6, 6.07) is 8.49. The van der Waals surface area contributed by atoms with E-state index in [4.69, 9.17) is 0 Å². The number of nitrogens with one attached hydrogen (secondary N) is 1. The molecule has 12 heteroatoms. The van der Waals surface area contributed by atoms with Gasteiger partial charge in [0.25, 0.3) is 11.8 Å². The summed E-state index contributed by atoms with van der Waals surface area (Å²) in [6.07, 6.45) is 1.37. The van der Waals surface area contributed by atoms with Crippen LogP contribution in [0.3, 0.4) is 0 Å². The average molecular weight is 573 g/mol. The fourth-order valence-corrected chi connectivity index (χ4v) is 5.94. The van der Waals surface area contributed by atoms with Gasteiger partial charge in [0, 0.05) is 32.1 Å². The number of carbonyl (C=O) groups excluding carboxylic acids is 4. The zero-order chi connectivity index (χ0) is 29.6. The summed E-state index contributed by atoms with van der Waals surface area (Å²) in [4.78, 5) is 57.0. The quantitative estimate of drug-likeness (QED) is 0.531. The molecule has 2 fully saturated rings. The lowest BCUT2D eigenvalue weighted by molar-refractivity contribution is -0.139. The number of halogens is 1. The first kappa shape index (κ1) is 29.2. The summed E-state index contributed by atoms with van der Waals surface area (Å²) in [6.45, 7) is 5.57. The molecule has 0 radical (unpaired) electrons. The Hall–Kier alpha value is -3.80. The third-order valence-electron chi connectivity index (χ3n) is 7.62. The van der Waals surface area contributed by atoms with Crippen molar-refractivity contribution in [2.45, 2.75) is 50.1 Å². The topological polar surface area (TPSA) is 124 Å². The third-order valence-corrected chi connectivity index (χ3v) is 8.75. The molecule has 4 rings (SSSR count). The van der Waals surface area contributed by atoms with Crippen molar-refractivity contribution >= 4 is 39.3 Å². The summed E-state index contributed by atoms with van der Waals surface area (Å²) in [5, 5.41) is 2.67. The number of likely N-dealkylation sites (tertiary alicyclic amines) is 1. The van der Waals surface area contributed by atoms with E-state index in [2.05, 4.69) is 5.32 Å². The highest BCUT2D eigenvalue weighted by atomic mass is 32.2. The Kier molecular flexibility index (Phi) is 7.77. The number of hydrogen-bond donors (Lipinski definition) is 1. The number of rotatable bonds is 6. The first-order chi connectivity index (χ1) is 18.7. The molecule has 0 unspecified atom stereocenters. The molecular formula is C28H33FN4O6S. The van der Waals surface area contributed by atoms with Crippen molar-refractivity contribution in [2.75, 3.05) is 31.3 Å². The molecule has 2 aliphatic heterocycles. The highest BCUT2D eigenvalue weighted by Crippen LogP contribution is 2.40. The summed E-state index contributed by atoms with van der Waals surface area (Å²) in [5.41, 5.74) is -0.304. The molecule has 0 aromatic heterocycles. The highest BCUT2D eigenvalue weighted by molar-refractivity contribution is 7.90. The molecule has 0 aliphatic carbocycles. The zero-order valence-electron chi connectivity index (χ0n) is 23.1. The van der Waals surface area contributed by atoms with E-state index < -0.39 is 45.1 Å². The second-order valence-electron chi connectivity index (χ2n) is 10.8. The number of likely N-dealkylation sites (N-methyl/N-ethyl adjacent to an activating group) is 1. The van der Waals surface area contributed by atoms with Crippen molar-refractivity contribution in [3.8, 4) is 0 Å². The smallest absolute Gasteiger partial charge is 0.331 e. The molecule has 1 atom stereocenters. The third kappa shape index (κ3) is 5.19. The minimum Gasteiger partial charge on any atom is -0.341 e. The number of sulfone groups is 1. The van der Waals surface area contributed by atoms with Gasteiger partial charge in [0.15, 0.2) is 9.84 Å². The molecule has 2 aliphatic rings. The summed E-state index contributed by atoms with van der Waals surface area (Å²) < 4.78 is 38.1. The van der Waals surface area contributed by atoms with Gasteiger partial charge in [-0.1, -0.05) is 25.5 Å². The van der Waals surface area contributed by atoms with E-state index in [0.29, 0.717) is 11.3 Å². The van der Waals surface area contributed by atoms with Crippen LogP contribution in [0.1, 0.15) is 42.6 Å². The van der Waals surface area contributed by atoms with Gasteiger partial charge in [0.2, 0.25) is 5.91 Å². The van der Waals surface area contributed by atoms with Crippen LogP contribution in [0.5, 0.6) is 0 Å². The minimum atomic E-state index is -3.45. The molecule has 1 spiro atoms.